The first-order valence-electron chi connectivity index (χ1n) is 10.3. The van der Waals surface area contributed by atoms with Crippen LogP contribution in [0.2, 0.25) is 0 Å². The van der Waals surface area contributed by atoms with Crippen LogP contribution in [0.25, 0.3) is 0 Å². The molecular weight excluding hydrogens is 575 g/mol. The monoisotopic (exact) mass is 605 g/mol. The number of pyridine rings is 1. The molecular formula is C25H32Br2CoN4. The summed E-state index contributed by atoms with van der Waals surface area (Å²) >= 11 is 0. The number of aryl methyl sites for hydroxylation is 4. The van der Waals surface area contributed by atoms with E-state index in [0.29, 0.717) is 0 Å². The maximum atomic E-state index is 4.60. The molecule has 7 heteroatoms. The molecule has 0 spiro atoms. The smallest absolute Gasteiger partial charge is 1.00 e. The number of hydrogen-bond donors (Lipinski definition) is 3. The first kappa shape index (κ1) is 30.6. The number of anilines is 2. The largest absolute Gasteiger partial charge is 2.00 e. The van der Waals surface area contributed by atoms with Gasteiger partial charge in [-0.1, -0.05) is 42.5 Å². The van der Waals surface area contributed by atoms with Crippen LogP contribution in [0.3, 0.4) is 0 Å². The van der Waals surface area contributed by atoms with Gasteiger partial charge in [-0.15, -0.1) is 0 Å². The second-order valence-corrected chi connectivity index (χ2v) is 7.60. The minimum absolute atomic E-state index is 0. The van der Waals surface area contributed by atoms with Crippen molar-refractivity contribution in [3.05, 3.63) is 88.2 Å². The first-order valence-corrected chi connectivity index (χ1v) is 10.3. The van der Waals surface area contributed by atoms with Crippen molar-refractivity contribution in [1.29, 1.82) is 0 Å². The predicted molar refractivity (Wildman–Crippen MR) is 124 cm³/mol. The molecule has 0 aliphatic rings. The Hall–Kier alpha value is -1.38. The van der Waals surface area contributed by atoms with Crippen LogP contribution in [-0.2, 0) is 29.9 Å². The van der Waals surface area contributed by atoms with E-state index in [4.69, 9.17) is 0 Å². The summed E-state index contributed by atoms with van der Waals surface area (Å²) in [5.74, 6) is 0. The zero-order valence-electron chi connectivity index (χ0n) is 19.1. The molecule has 3 rings (SSSR count). The first-order chi connectivity index (χ1) is 14.1. The topological polar surface area (TPSA) is 49.0 Å². The fourth-order valence-corrected chi connectivity index (χ4v) is 3.64. The van der Waals surface area contributed by atoms with Crippen molar-refractivity contribution in [2.45, 2.75) is 40.8 Å². The van der Waals surface area contributed by atoms with Crippen LogP contribution < -0.4 is 49.9 Å². The fraction of sp³-hybridized carbons (Fsp3) is 0.320. The second-order valence-electron chi connectivity index (χ2n) is 7.60. The molecule has 1 radical (unpaired) electrons. The summed E-state index contributed by atoms with van der Waals surface area (Å²) in [6, 6.07) is 16.9. The van der Waals surface area contributed by atoms with Gasteiger partial charge in [0.15, 0.2) is 0 Å². The molecule has 3 N–H and O–H groups in total. The molecule has 0 fully saturated rings. The SMILES string of the molecule is Cc1cccc(C)c1NCCNCc1ncccc1CNc1c(C)cccc1C.[Br-].[Br-].[Co+2]. The van der Waals surface area contributed by atoms with Gasteiger partial charge >= 0.3 is 16.8 Å². The Bertz CT molecular complexity index is 926. The number of hydrogen-bond acceptors (Lipinski definition) is 4. The average molecular weight is 607 g/mol. The summed E-state index contributed by atoms with van der Waals surface area (Å²) in [5.41, 5.74) is 9.89. The molecule has 0 unspecified atom stereocenters. The van der Waals surface area contributed by atoms with Crippen molar-refractivity contribution < 1.29 is 50.7 Å². The predicted octanol–water partition coefficient (Wildman–Crippen LogP) is -0.865. The van der Waals surface area contributed by atoms with Crippen molar-refractivity contribution in [3.8, 4) is 0 Å². The molecule has 0 saturated carbocycles. The number of benzene rings is 2. The molecule has 32 heavy (non-hydrogen) atoms. The van der Waals surface area contributed by atoms with Gasteiger partial charge < -0.3 is 49.9 Å². The summed E-state index contributed by atoms with van der Waals surface area (Å²) in [7, 11) is 0. The molecule has 0 bridgehead atoms. The van der Waals surface area contributed by atoms with E-state index in [9.17, 15) is 0 Å². The van der Waals surface area contributed by atoms with E-state index in [-0.39, 0.29) is 50.7 Å². The number of halogens is 2. The van der Waals surface area contributed by atoms with Crippen LogP contribution in [0.4, 0.5) is 11.4 Å². The molecule has 1 aromatic heterocycles. The normalized spacial score (nSPS) is 9.75. The van der Waals surface area contributed by atoms with Gasteiger partial charge in [0.25, 0.3) is 0 Å². The number of rotatable bonds is 9. The Morgan fingerprint density at radius 2 is 1.19 bits per heavy atom. The van der Waals surface area contributed by atoms with Gasteiger partial charge in [0.05, 0.1) is 5.69 Å². The van der Waals surface area contributed by atoms with E-state index in [1.165, 1.54) is 39.2 Å². The van der Waals surface area contributed by atoms with Crippen LogP contribution in [0, 0.1) is 27.7 Å². The molecule has 4 nitrogen and oxygen atoms in total. The van der Waals surface area contributed by atoms with Crippen molar-refractivity contribution in [2.75, 3.05) is 23.7 Å². The Morgan fingerprint density at radius 1 is 0.656 bits per heavy atom. The van der Waals surface area contributed by atoms with Gasteiger partial charge in [-0.05, 0) is 61.6 Å². The van der Waals surface area contributed by atoms with Crippen LogP contribution in [-0.4, -0.2) is 18.1 Å². The van der Waals surface area contributed by atoms with Crippen LogP contribution >= 0.6 is 0 Å². The van der Waals surface area contributed by atoms with Gasteiger partial charge in [-0.25, -0.2) is 0 Å². The van der Waals surface area contributed by atoms with E-state index in [1.54, 1.807) is 0 Å². The number of aromatic nitrogens is 1. The summed E-state index contributed by atoms with van der Waals surface area (Å²) in [6.07, 6.45) is 1.87. The molecule has 0 saturated heterocycles. The van der Waals surface area contributed by atoms with Crippen LogP contribution in [0.5, 0.6) is 0 Å². The quantitative estimate of drug-likeness (QED) is 0.278. The van der Waals surface area contributed by atoms with Gasteiger partial charge in [-0.3, -0.25) is 4.98 Å². The molecule has 1 heterocycles. The molecule has 2 aromatic carbocycles. The summed E-state index contributed by atoms with van der Waals surface area (Å²) in [5, 5.41) is 10.7. The summed E-state index contributed by atoms with van der Waals surface area (Å²) in [6.45, 7) is 11.9. The number of para-hydroxylation sites is 2. The maximum Gasteiger partial charge on any atom is 2.00 e. The zero-order chi connectivity index (χ0) is 20.6. The summed E-state index contributed by atoms with van der Waals surface area (Å²) < 4.78 is 0. The third-order valence-corrected chi connectivity index (χ3v) is 5.30. The molecule has 0 amide bonds. The van der Waals surface area contributed by atoms with Crippen molar-refractivity contribution in [1.82, 2.24) is 10.3 Å². The minimum atomic E-state index is 0. The van der Waals surface area contributed by atoms with E-state index in [2.05, 4.69) is 91.1 Å². The van der Waals surface area contributed by atoms with Crippen molar-refractivity contribution in [2.24, 2.45) is 0 Å². The zero-order valence-corrected chi connectivity index (χ0v) is 23.3. The summed E-state index contributed by atoms with van der Waals surface area (Å²) in [4.78, 5) is 4.60. The maximum absolute atomic E-state index is 4.60. The number of nitrogens with zero attached hydrogens (tertiary/aromatic N) is 1. The van der Waals surface area contributed by atoms with E-state index >= 15 is 0 Å². The second kappa shape index (κ2) is 15.5. The third kappa shape index (κ3) is 8.52. The van der Waals surface area contributed by atoms with E-state index in [0.717, 1.165) is 31.9 Å². The number of nitrogens with one attached hydrogen (secondary N) is 3. The van der Waals surface area contributed by atoms with Crippen LogP contribution in [0.1, 0.15) is 33.5 Å². The standard InChI is InChI=1S/C25H32N4.2BrH.Co/c1-18-8-5-9-19(2)24(18)28-15-14-26-17-23-22(12-7-13-27-23)16-29-25-20(3)10-6-11-21(25)4;;;/h5-13,26,28-29H,14-17H2,1-4H3;2*1H;/q;;;+2/p-2. The van der Waals surface area contributed by atoms with Crippen LogP contribution in [0.15, 0.2) is 54.7 Å². The Kier molecular flexibility index (Phi) is 14.8. The van der Waals surface area contributed by atoms with E-state index < -0.39 is 0 Å². The Balaban J connectivity index is 0.00000320. The minimum Gasteiger partial charge on any atom is -1.00 e. The Labute approximate surface area is 224 Å². The van der Waals surface area contributed by atoms with Gasteiger partial charge in [0.2, 0.25) is 0 Å². The van der Waals surface area contributed by atoms with Gasteiger partial charge in [0.1, 0.15) is 0 Å². The fourth-order valence-electron chi connectivity index (χ4n) is 3.64. The molecule has 0 aliphatic heterocycles. The molecule has 3 aromatic rings. The third-order valence-electron chi connectivity index (χ3n) is 5.30. The van der Waals surface area contributed by atoms with Crippen molar-refractivity contribution >= 4 is 11.4 Å². The molecule has 175 valence electrons. The molecule has 0 atom stereocenters. The molecule has 0 aliphatic carbocycles. The van der Waals surface area contributed by atoms with E-state index in [1.807, 2.05) is 12.3 Å². The van der Waals surface area contributed by atoms with Gasteiger partial charge in [0, 0.05) is 43.8 Å². The average Bonchev–Trinajstić information content (AvgIpc) is 2.70. The van der Waals surface area contributed by atoms with Gasteiger partial charge in [-0.2, -0.15) is 0 Å². The Morgan fingerprint density at radius 3 is 1.75 bits per heavy atom. The van der Waals surface area contributed by atoms with Crippen molar-refractivity contribution in [3.63, 3.8) is 0 Å².